The fraction of sp³-hybridized carbons (Fsp3) is 0.238. The summed E-state index contributed by atoms with van der Waals surface area (Å²) in [5.74, 6) is 0.561. The number of rotatable bonds is 5. The van der Waals surface area contributed by atoms with Crippen LogP contribution in [-0.2, 0) is 16.0 Å². The summed E-state index contributed by atoms with van der Waals surface area (Å²) in [6.07, 6.45) is 1.80. The molecule has 2 heterocycles. The number of aryl methyl sites for hydroxylation is 1. The van der Waals surface area contributed by atoms with Crippen molar-refractivity contribution in [2.45, 2.75) is 25.7 Å². The zero-order valence-corrected chi connectivity index (χ0v) is 15.2. The first-order valence-electron chi connectivity index (χ1n) is 9.19. The molecule has 1 fully saturated rings. The highest BCUT2D eigenvalue weighted by Crippen LogP contribution is 2.24. The molecule has 0 unspecified atom stereocenters. The van der Waals surface area contributed by atoms with E-state index in [-0.39, 0.29) is 24.3 Å². The van der Waals surface area contributed by atoms with Crippen LogP contribution >= 0.6 is 0 Å². The maximum absolute atomic E-state index is 12.1. The predicted molar refractivity (Wildman–Crippen MR) is 104 cm³/mol. The van der Waals surface area contributed by atoms with Gasteiger partial charge in [0.2, 0.25) is 5.91 Å². The van der Waals surface area contributed by atoms with Gasteiger partial charge in [-0.15, -0.1) is 0 Å². The van der Waals surface area contributed by atoms with Gasteiger partial charge in [-0.05, 0) is 42.8 Å². The number of fused-ring (bicyclic) bond motifs is 1. The minimum Gasteiger partial charge on any atom is -0.427 e. The standard InChI is InChI=1S/C21H19N3O4/c25-19-6-3-13-24(19)14-7-9-15(10-8-14)28-20(26)12-11-18-22-17-5-2-1-4-16(17)21(27)23-18/h1-2,4-5,7-10H,3,6,11-13H2,(H,22,23,27). The summed E-state index contributed by atoms with van der Waals surface area (Å²) in [4.78, 5) is 44.8. The van der Waals surface area contributed by atoms with Crippen LogP contribution in [0.3, 0.4) is 0 Å². The molecule has 1 aliphatic heterocycles. The number of esters is 1. The Labute approximate surface area is 161 Å². The van der Waals surface area contributed by atoms with Crippen molar-refractivity contribution in [3.05, 3.63) is 64.7 Å². The first-order valence-corrected chi connectivity index (χ1v) is 9.19. The second kappa shape index (κ2) is 7.64. The zero-order chi connectivity index (χ0) is 19.5. The van der Waals surface area contributed by atoms with Gasteiger partial charge in [0, 0.05) is 25.1 Å². The molecule has 0 atom stereocenters. The fourth-order valence-corrected chi connectivity index (χ4v) is 3.27. The summed E-state index contributed by atoms with van der Waals surface area (Å²) >= 11 is 0. The Balaban J connectivity index is 1.37. The third-order valence-corrected chi connectivity index (χ3v) is 4.68. The minimum atomic E-state index is -0.416. The maximum atomic E-state index is 12.1. The van der Waals surface area contributed by atoms with Gasteiger partial charge in [-0.25, -0.2) is 4.98 Å². The number of aromatic amines is 1. The average molecular weight is 377 g/mol. The molecule has 7 heteroatoms. The Morgan fingerprint density at radius 2 is 1.89 bits per heavy atom. The van der Waals surface area contributed by atoms with E-state index >= 15 is 0 Å². The van der Waals surface area contributed by atoms with Gasteiger partial charge in [0.25, 0.3) is 5.56 Å². The van der Waals surface area contributed by atoms with Crippen molar-refractivity contribution in [2.24, 2.45) is 0 Å². The summed E-state index contributed by atoms with van der Waals surface area (Å²) in [7, 11) is 0. The highest BCUT2D eigenvalue weighted by Gasteiger charge is 2.21. The van der Waals surface area contributed by atoms with E-state index in [9.17, 15) is 14.4 Å². The Kier molecular flexibility index (Phi) is 4.89. The third-order valence-electron chi connectivity index (χ3n) is 4.68. The number of amides is 1. The molecule has 0 aliphatic carbocycles. The number of benzene rings is 2. The van der Waals surface area contributed by atoms with Gasteiger partial charge in [-0.2, -0.15) is 0 Å². The Bertz CT molecular complexity index is 1090. The van der Waals surface area contributed by atoms with Crippen LogP contribution in [0.15, 0.2) is 53.3 Å². The molecule has 0 radical (unpaired) electrons. The highest BCUT2D eigenvalue weighted by molar-refractivity contribution is 5.95. The summed E-state index contributed by atoms with van der Waals surface area (Å²) < 4.78 is 5.34. The number of carbonyl (C=O) groups is 2. The normalized spacial score (nSPS) is 13.9. The van der Waals surface area contributed by atoms with Gasteiger partial charge in [0.15, 0.2) is 0 Å². The number of nitrogens with zero attached hydrogens (tertiary/aromatic N) is 2. The SMILES string of the molecule is O=C(CCc1nc2ccccc2c(=O)[nH]1)Oc1ccc(N2CCCC2=O)cc1. The van der Waals surface area contributed by atoms with Gasteiger partial charge in [0.1, 0.15) is 11.6 Å². The quantitative estimate of drug-likeness (QED) is 0.545. The number of para-hydroxylation sites is 1. The average Bonchev–Trinajstić information content (AvgIpc) is 3.13. The van der Waals surface area contributed by atoms with E-state index in [1.165, 1.54) is 0 Å². The van der Waals surface area contributed by atoms with Crippen LogP contribution in [0.2, 0.25) is 0 Å². The van der Waals surface area contributed by atoms with E-state index in [4.69, 9.17) is 4.74 Å². The summed E-state index contributed by atoms with van der Waals surface area (Å²) in [6.45, 7) is 0.717. The second-order valence-corrected chi connectivity index (χ2v) is 6.65. The van der Waals surface area contributed by atoms with Crippen LogP contribution in [0, 0.1) is 0 Å². The molecule has 142 valence electrons. The lowest BCUT2D eigenvalue weighted by Crippen LogP contribution is -2.23. The van der Waals surface area contributed by atoms with Gasteiger partial charge >= 0.3 is 5.97 Å². The van der Waals surface area contributed by atoms with E-state index in [0.717, 1.165) is 18.7 Å². The lowest BCUT2D eigenvalue weighted by atomic mass is 10.2. The molecular formula is C21H19N3O4. The van der Waals surface area contributed by atoms with Crippen molar-refractivity contribution >= 4 is 28.5 Å². The lowest BCUT2D eigenvalue weighted by molar-refractivity contribution is -0.134. The van der Waals surface area contributed by atoms with Crippen LogP contribution in [0.4, 0.5) is 5.69 Å². The van der Waals surface area contributed by atoms with Gasteiger partial charge in [-0.1, -0.05) is 12.1 Å². The highest BCUT2D eigenvalue weighted by atomic mass is 16.5. The molecular weight excluding hydrogens is 358 g/mol. The van der Waals surface area contributed by atoms with Crippen LogP contribution in [0.25, 0.3) is 10.9 Å². The maximum Gasteiger partial charge on any atom is 0.311 e. The number of ether oxygens (including phenoxy) is 1. The topological polar surface area (TPSA) is 92.4 Å². The molecule has 3 aromatic rings. The Morgan fingerprint density at radius 3 is 2.64 bits per heavy atom. The smallest absolute Gasteiger partial charge is 0.311 e. The molecule has 0 saturated carbocycles. The van der Waals surface area contributed by atoms with Crippen molar-refractivity contribution in [1.82, 2.24) is 9.97 Å². The molecule has 1 aliphatic rings. The molecule has 2 aromatic carbocycles. The molecule has 4 rings (SSSR count). The molecule has 7 nitrogen and oxygen atoms in total. The number of aromatic nitrogens is 2. The van der Waals surface area contributed by atoms with Crippen molar-refractivity contribution in [3.63, 3.8) is 0 Å². The zero-order valence-electron chi connectivity index (χ0n) is 15.2. The molecule has 1 saturated heterocycles. The van der Waals surface area contributed by atoms with Crippen molar-refractivity contribution < 1.29 is 14.3 Å². The van der Waals surface area contributed by atoms with Crippen molar-refractivity contribution in [2.75, 3.05) is 11.4 Å². The first kappa shape index (κ1) is 17.9. The third kappa shape index (κ3) is 3.78. The summed E-state index contributed by atoms with van der Waals surface area (Å²) in [5, 5.41) is 0.519. The Hall–Kier alpha value is -3.48. The number of anilines is 1. The minimum absolute atomic E-state index is 0.0909. The molecule has 0 spiro atoms. The molecule has 1 N–H and O–H groups in total. The number of carbonyl (C=O) groups excluding carboxylic acids is 2. The molecule has 0 bridgehead atoms. The summed E-state index contributed by atoms with van der Waals surface area (Å²) in [5.41, 5.74) is 1.18. The monoisotopic (exact) mass is 377 g/mol. The predicted octanol–water partition coefficient (Wildman–Crippen LogP) is 2.59. The number of hydrogen-bond acceptors (Lipinski definition) is 5. The van der Waals surface area contributed by atoms with Gasteiger partial charge in [-0.3, -0.25) is 14.4 Å². The van der Waals surface area contributed by atoms with Crippen molar-refractivity contribution in [3.8, 4) is 5.75 Å². The molecule has 1 aromatic heterocycles. The molecule has 28 heavy (non-hydrogen) atoms. The van der Waals surface area contributed by atoms with E-state index in [1.807, 2.05) is 6.07 Å². The van der Waals surface area contributed by atoms with E-state index in [0.29, 0.717) is 28.9 Å². The second-order valence-electron chi connectivity index (χ2n) is 6.65. The van der Waals surface area contributed by atoms with Crippen LogP contribution < -0.4 is 15.2 Å². The van der Waals surface area contributed by atoms with Gasteiger partial charge < -0.3 is 14.6 Å². The van der Waals surface area contributed by atoms with E-state index in [1.54, 1.807) is 47.4 Å². The van der Waals surface area contributed by atoms with E-state index in [2.05, 4.69) is 9.97 Å². The van der Waals surface area contributed by atoms with Gasteiger partial charge in [0.05, 0.1) is 17.3 Å². The lowest BCUT2D eigenvalue weighted by Gasteiger charge is -2.15. The van der Waals surface area contributed by atoms with Crippen LogP contribution in [-0.4, -0.2) is 28.4 Å². The Morgan fingerprint density at radius 1 is 1.11 bits per heavy atom. The number of H-pyrrole nitrogens is 1. The molecule has 1 amide bonds. The largest absolute Gasteiger partial charge is 0.427 e. The van der Waals surface area contributed by atoms with Crippen molar-refractivity contribution in [1.29, 1.82) is 0 Å². The summed E-state index contributed by atoms with van der Waals surface area (Å²) in [6, 6.07) is 14.0. The fourth-order valence-electron chi connectivity index (χ4n) is 3.27. The number of nitrogens with one attached hydrogen (secondary N) is 1. The van der Waals surface area contributed by atoms with Crippen LogP contribution in [0.1, 0.15) is 25.1 Å². The van der Waals surface area contributed by atoms with E-state index < -0.39 is 5.97 Å². The van der Waals surface area contributed by atoms with Crippen LogP contribution in [0.5, 0.6) is 5.75 Å². The number of hydrogen-bond donors (Lipinski definition) is 1. The first-order chi connectivity index (χ1) is 13.6.